The van der Waals surface area contributed by atoms with Crippen LogP contribution in [-0.4, -0.2) is 32.8 Å². The van der Waals surface area contributed by atoms with Gasteiger partial charge in [0.2, 0.25) is 0 Å². The molecule has 154 valence electrons. The summed E-state index contributed by atoms with van der Waals surface area (Å²) in [5.41, 5.74) is 4.75. The largest absolute Gasteiger partial charge is 0.491 e. The average Bonchev–Trinajstić information content (AvgIpc) is 2.66. The zero-order valence-corrected chi connectivity index (χ0v) is 19.6. The van der Waals surface area contributed by atoms with Crippen LogP contribution in [0.3, 0.4) is 0 Å². The van der Waals surface area contributed by atoms with E-state index in [1.54, 1.807) is 7.05 Å². The van der Waals surface area contributed by atoms with Crippen molar-refractivity contribution in [2.45, 2.75) is 33.9 Å². The van der Waals surface area contributed by atoms with E-state index >= 15 is 0 Å². The molecule has 0 saturated carbocycles. The van der Waals surface area contributed by atoms with Gasteiger partial charge in [-0.1, -0.05) is 42.0 Å². The number of nitrogens with zero attached hydrogens (tertiary/aromatic N) is 1. The lowest BCUT2D eigenvalue weighted by atomic mass is 10.1. The highest BCUT2D eigenvalue weighted by molar-refractivity contribution is 14.0. The summed E-state index contributed by atoms with van der Waals surface area (Å²) in [6.45, 7) is 9.36. The fourth-order valence-corrected chi connectivity index (χ4v) is 2.70. The number of hydrogen-bond donors (Lipinski definition) is 2. The highest BCUT2D eigenvalue weighted by atomic mass is 127. The second-order valence-corrected chi connectivity index (χ2v) is 6.42. The third-order valence-corrected chi connectivity index (χ3v) is 4.12. The molecule has 0 aliphatic rings. The highest BCUT2D eigenvalue weighted by Crippen LogP contribution is 2.20. The maximum Gasteiger partial charge on any atom is 0.191 e. The van der Waals surface area contributed by atoms with E-state index in [1.165, 1.54) is 16.7 Å². The predicted octanol–water partition coefficient (Wildman–Crippen LogP) is 4.20. The molecule has 6 heteroatoms. The minimum absolute atomic E-state index is 0. The van der Waals surface area contributed by atoms with Crippen molar-refractivity contribution >= 4 is 29.9 Å². The van der Waals surface area contributed by atoms with Gasteiger partial charge in [0, 0.05) is 32.3 Å². The Kier molecular flexibility index (Phi) is 11.6. The lowest BCUT2D eigenvalue weighted by molar-refractivity contribution is 0.110. The Hall–Kier alpha value is -1.80. The maximum absolute atomic E-state index is 5.90. The van der Waals surface area contributed by atoms with Crippen LogP contribution in [0.5, 0.6) is 5.75 Å². The van der Waals surface area contributed by atoms with Gasteiger partial charge in [-0.25, -0.2) is 0 Å². The first-order valence-electron chi connectivity index (χ1n) is 9.42. The number of rotatable bonds is 9. The molecule has 0 atom stereocenters. The SMILES string of the molecule is CCOCCOc1cc(C)ccc1CNC(=NC)NCc1cccc(C)c1.I. The monoisotopic (exact) mass is 497 g/mol. The average molecular weight is 497 g/mol. The van der Waals surface area contributed by atoms with E-state index in [-0.39, 0.29) is 24.0 Å². The van der Waals surface area contributed by atoms with Gasteiger partial charge in [0.1, 0.15) is 12.4 Å². The van der Waals surface area contributed by atoms with E-state index in [0.29, 0.717) is 26.4 Å². The summed E-state index contributed by atoms with van der Waals surface area (Å²) in [6, 6.07) is 14.7. The van der Waals surface area contributed by atoms with E-state index < -0.39 is 0 Å². The first kappa shape index (κ1) is 24.2. The van der Waals surface area contributed by atoms with E-state index in [9.17, 15) is 0 Å². The molecule has 2 N–H and O–H groups in total. The summed E-state index contributed by atoms with van der Waals surface area (Å²) < 4.78 is 11.3. The van der Waals surface area contributed by atoms with Crippen LogP contribution in [0.4, 0.5) is 0 Å². The van der Waals surface area contributed by atoms with Gasteiger partial charge in [0.05, 0.1) is 6.61 Å². The van der Waals surface area contributed by atoms with Crippen LogP contribution in [0.2, 0.25) is 0 Å². The van der Waals surface area contributed by atoms with Gasteiger partial charge >= 0.3 is 0 Å². The Morgan fingerprint density at radius 1 is 0.964 bits per heavy atom. The van der Waals surface area contributed by atoms with Crippen LogP contribution in [0.1, 0.15) is 29.2 Å². The molecule has 2 rings (SSSR count). The summed E-state index contributed by atoms with van der Waals surface area (Å²) in [7, 11) is 1.78. The summed E-state index contributed by atoms with van der Waals surface area (Å²) >= 11 is 0. The van der Waals surface area contributed by atoms with Gasteiger partial charge in [-0.15, -0.1) is 24.0 Å². The van der Waals surface area contributed by atoms with Gasteiger partial charge < -0.3 is 20.1 Å². The van der Waals surface area contributed by atoms with Gasteiger partial charge in [-0.05, 0) is 38.0 Å². The van der Waals surface area contributed by atoms with Gasteiger partial charge in [-0.3, -0.25) is 4.99 Å². The zero-order valence-electron chi connectivity index (χ0n) is 17.2. The molecule has 0 fully saturated rings. The third kappa shape index (κ3) is 8.48. The molecule has 2 aromatic carbocycles. The predicted molar refractivity (Wildman–Crippen MR) is 127 cm³/mol. The Bertz CT molecular complexity index is 750. The molecule has 0 aromatic heterocycles. The second-order valence-electron chi connectivity index (χ2n) is 6.42. The Balaban J connectivity index is 0.00000392. The first-order valence-corrected chi connectivity index (χ1v) is 9.42. The maximum atomic E-state index is 5.90. The quantitative estimate of drug-likeness (QED) is 0.236. The van der Waals surface area contributed by atoms with Crippen molar-refractivity contribution in [3.05, 3.63) is 64.7 Å². The second kappa shape index (κ2) is 13.4. The van der Waals surface area contributed by atoms with Crippen molar-refractivity contribution < 1.29 is 9.47 Å². The number of aryl methyl sites for hydroxylation is 2. The van der Waals surface area contributed by atoms with Crippen LogP contribution >= 0.6 is 24.0 Å². The minimum Gasteiger partial charge on any atom is -0.491 e. The van der Waals surface area contributed by atoms with E-state index in [0.717, 1.165) is 23.8 Å². The molecule has 5 nitrogen and oxygen atoms in total. The summed E-state index contributed by atoms with van der Waals surface area (Å²) in [5, 5.41) is 6.71. The van der Waals surface area contributed by atoms with Crippen LogP contribution in [0, 0.1) is 13.8 Å². The number of ether oxygens (including phenoxy) is 2. The number of nitrogens with one attached hydrogen (secondary N) is 2. The van der Waals surface area contributed by atoms with Crippen LogP contribution in [-0.2, 0) is 17.8 Å². The van der Waals surface area contributed by atoms with Crippen LogP contribution in [0.25, 0.3) is 0 Å². The molecule has 0 bridgehead atoms. The van der Waals surface area contributed by atoms with Gasteiger partial charge in [0.15, 0.2) is 5.96 Å². The van der Waals surface area contributed by atoms with Crippen LogP contribution in [0.15, 0.2) is 47.5 Å². The smallest absolute Gasteiger partial charge is 0.191 e. The summed E-state index contributed by atoms with van der Waals surface area (Å²) in [5.74, 6) is 1.65. The standard InChI is InChI=1S/C22H31N3O2.HI/c1-5-26-11-12-27-21-14-18(3)9-10-20(21)16-25-22(23-4)24-15-19-8-6-7-17(2)13-19;/h6-10,13-14H,5,11-12,15-16H2,1-4H3,(H2,23,24,25);1H. The van der Waals surface area contributed by atoms with Crippen molar-refractivity contribution in [1.82, 2.24) is 10.6 Å². The molecule has 0 saturated heterocycles. The van der Waals surface area contributed by atoms with Crippen molar-refractivity contribution in [1.29, 1.82) is 0 Å². The first-order chi connectivity index (χ1) is 13.1. The number of aliphatic imine (C=N–C) groups is 1. The molecule has 0 unspecified atom stereocenters. The fourth-order valence-electron chi connectivity index (χ4n) is 2.70. The number of benzene rings is 2. The molecule has 0 aliphatic carbocycles. The highest BCUT2D eigenvalue weighted by Gasteiger charge is 2.06. The van der Waals surface area contributed by atoms with Crippen molar-refractivity contribution in [3.63, 3.8) is 0 Å². The molecule has 0 heterocycles. The van der Waals surface area contributed by atoms with Crippen molar-refractivity contribution in [2.24, 2.45) is 4.99 Å². The van der Waals surface area contributed by atoms with Gasteiger partial charge in [-0.2, -0.15) is 0 Å². The lowest BCUT2D eigenvalue weighted by Gasteiger charge is -2.16. The molecule has 0 spiro atoms. The van der Waals surface area contributed by atoms with Crippen molar-refractivity contribution in [3.8, 4) is 5.75 Å². The number of halogens is 1. The number of hydrogen-bond acceptors (Lipinski definition) is 3. The molecule has 0 amide bonds. The Morgan fingerprint density at radius 3 is 2.43 bits per heavy atom. The normalized spacial score (nSPS) is 10.9. The lowest BCUT2D eigenvalue weighted by Crippen LogP contribution is -2.36. The van der Waals surface area contributed by atoms with Crippen molar-refractivity contribution in [2.75, 3.05) is 26.9 Å². The topological polar surface area (TPSA) is 54.9 Å². The summed E-state index contributed by atoms with van der Waals surface area (Å²) in [4.78, 5) is 4.31. The molecule has 0 aliphatic heterocycles. The van der Waals surface area contributed by atoms with E-state index in [2.05, 4.69) is 71.9 Å². The Morgan fingerprint density at radius 2 is 1.71 bits per heavy atom. The number of guanidine groups is 1. The molecular formula is C22H32IN3O2. The fraction of sp³-hybridized carbons (Fsp3) is 0.409. The zero-order chi connectivity index (χ0) is 19.5. The molecule has 28 heavy (non-hydrogen) atoms. The van der Waals surface area contributed by atoms with Crippen LogP contribution < -0.4 is 15.4 Å². The van der Waals surface area contributed by atoms with Gasteiger partial charge in [0.25, 0.3) is 0 Å². The van der Waals surface area contributed by atoms with E-state index in [1.807, 2.05) is 6.92 Å². The Labute approximate surface area is 186 Å². The molecule has 2 aromatic rings. The minimum atomic E-state index is 0. The third-order valence-electron chi connectivity index (χ3n) is 4.12. The molecular weight excluding hydrogens is 465 g/mol. The van der Waals surface area contributed by atoms with E-state index in [4.69, 9.17) is 9.47 Å². The summed E-state index contributed by atoms with van der Waals surface area (Å²) in [6.07, 6.45) is 0. The molecule has 0 radical (unpaired) electrons.